The van der Waals surface area contributed by atoms with E-state index in [0.29, 0.717) is 13.1 Å². The number of aromatic nitrogens is 2. The van der Waals surface area contributed by atoms with Gasteiger partial charge in [-0.25, -0.2) is 4.79 Å². The number of likely N-dealkylation sites (N-methyl/N-ethyl adjacent to an activating group) is 1. The monoisotopic (exact) mass is 285 g/mol. The van der Waals surface area contributed by atoms with Crippen molar-refractivity contribution in [1.29, 1.82) is 0 Å². The Hall–Kier alpha value is -0.940. The molecule has 1 aromatic rings. The fourth-order valence-electron chi connectivity index (χ4n) is 1.49. The molecule has 16 heavy (non-hydrogen) atoms. The van der Waals surface area contributed by atoms with Crippen molar-refractivity contribution in [2.75, 3.05) is 13.6 Å². The van der Waals surface area contributed by atoms with Crippen molar-refractivity contribution in [3.05, 3.63) is 38.5 Å². The van der Waals surface area contributed by atoms with Gasteiger partial charge in [0.05, 0.1) is 10.2 Å². The van der Waals surface area contributed by atoms with Crippen molar-refractivity contribution < 1.29 is 0 Å². The van der Waals surface area contributed by atoms with E-state index in [4.69, 9.17) is 0 Å². The third-order valence-electron chi connectivity index (χ3n) is 2.34. The number of rotatable bonds is 4. The van der Waals surface area contributed by atoms with Crippen LogP contribution in [0.2, 0.25) is 0 Å². The lowest BCUT2D eigenvalue weighted by Crippen LogP contribution is -2.28. The summed E-state index contributed by atoms with van der Waals surface area (Å²) in [5.74, 6) is 0. The Kier molecular flexibility index (Phi) is 4.44. The summed E-state index contributed by atoms with van der Waals surface area (Å²) in [4.78, 5) is 15.7. The van der Waals surface area contributed by atoms with Gasteiger partial charge in [-0.1, -0.05) is 6.58 Å². The molecule has 0 bridgehead atoms. The summed E-state index contributed by atoms with van der Waals surface area (Å²) in [6, 6.07) is 0. The molecule has 0 fully saturated rings. The number of hydrogen-bond acceptors (Lipinski definition) is 3. The van der Waals surface area contributed by atoms with Crippen LogP contribution in [-0.4, -0.2) is 23.1 Å². The fourth-order valence-corrected chi connectivity index (χ4v) is 1.80. The van der Waals surface area contributed by atoms with Crippen LogP contribution in [-0.2, 0) is 6.54 Å². The first-order valence-electron chi connectivity index (χ1n) is 5.02. The number of halogens is 1. The van der Waals surface area contributed by atoms with Gasteiger partial charge in [-0.05, 0) is 42.4 Å². The zero-order valence-corrected chi connectivity index (χ0v) is 11.4. The van der Waals surface area contributed by atoms with E-state index in [1.807, 2.05) is 20.9 Å². The van der Waals surface area contributed by atoms with Gasteiger partial charge in [0.15, 0.2) is 0 Å². The predicted molar refractivity (Wildman–Crippen MR) is 68.7 cm³/mol. The van der Waals surface area contributed by atoms with E-state index < -0.39 is 0 Å². The lowest BCUT2D eigenvalue weighted by Gasteiger charge is -2.13. The highest BCUT2D eigenvalue weighted by atomic mass is 79.9. The molecule has 0 radical (unpaired) electrons. The van der Waals surface area contributed by atoms with Crippen LogP contribution >= 0.6 is 15.9 Å². The van der Waals surface area contributed by atoms with E-state index in [1.165, 1.54) is 0 Å². The minimum atomic E-state index is -0.226. The van der Waals surface area contributed by atoms with Crippen LogP contribution in [0.25, 0.3) is 0 Å². The van der Waals surface area contributed by atoms with Crippen LogP contribution in [0.3, 0.4) is 0 Å². The van der Waals surface area contributed by atoms with Crippen molar-refractivity contribution in [2.24, 2.45) is 0 Å². The molecular weight excluding hydrogens is 270 g/mol. The van der Waals surface area contributed by atoms with E-state index in [-0.39, 0.29) is 5.69 Å². The summed E-state index contributed by atoms with van der Waals surface area (Å²) in [6.45, 7) is 8.80. The van der Waals surface area contributed by atoms with E-state index >= 15 is 0 Å². The molecule has 0 unspecified atom stereocenters. The van der Waals surface area contributed by atoms with Crippen molar-refractivity contribution in [3.63, 3.8) is 0 Å². The first kappa shape index (κ1) is 13.1. The van der Waals surface area contributed by atoms with Crippen LogP contribution < -0.4 is 11.0 Å². The van der Waals surface area contributed by atoms with Crippen molar-refractivity contribution >= 4 is 15.9 Å². The summed E-state index contributed by atoms with van der Waals surface area (Å²) in [5, 5.41) is 3.01. The molecule has 0 aromatic carbocycles. The molecule has 4 nitrogen and oxygen atoms in total. The number of nitrogens with zero attached hydrogens (tertiary/aromatic N) is 2. The molecule has 0 atom stereocenters. The normalized spacial score (nSPS) is 10.5. The standard InChI is InChI=1S/C11H16BrN3O/c1-7(5-13-4)6-15-9(3)10(12)8(2)14-11(15)16/h13H,1,5-6H2,2-4H3. The highest BCUT2D eigenvalue weighted by molar-refractivity contribution is 9.10. The topological polar surface area (TPSA) is 46.9 Å². The Morgan fingerprint density at radius 1 is 1.56 bits per heavy atom. The molecule has 0 saturated heterocycles. The third kappa shape index (κ3) is 2.80. The van der Waals surface area contributed by atoms with E-state index in [2.05, 4.69) is 32.8 Å². The van der Waals surface area contributed by atoms with Gasteiger partial charge in [0, 0.05) is 18.8 Å². The van der Waals surface area contributed by atoms with E-state index in [9.17, 15) is 4.79 Å². The van der Waals surface area contributed by atoms with Crippen LogP contribution in [0.4, 0.5) is 0 Å². The number of nitrogens with one attached hydrogen (secondary N) is 1. The van der Waals surface area contributed by atoms with Crippen molar-refractivity contribution in [2.45, 2.75) is 20.4 Å². The highest BCUT2D eigenvalue weighted by Gasteiger charge is 2.09. The summed E-state index contributed by atoms with van der Waals surface area (Å²) >= 11 is 3.43. The van der Waals surface area contributed by atoms with Gasteiger partial charge < -0.3 is 5.32 Å². The first-order valence-corrected chi connectivity index (χ1v) is 5.81. The minimum Gasteiger partial charge on any atom is -0.316 e. The second-order valence-corrected chi connectivity index (χ2v) is 4.54. The Labute approximate surface area is 104 Å². The molecule has 1 aromatic heterocycles. The molecule has 0 saturated carbocycles. The maximum Gasteiger partial charge on any atom is 0.348 e. The lowest BCUT2D eigenvalue weighted by molar-refractivity contribution is 0.660. The van der Waals surface area contributed by atoms with Gasteiger partial charge in [0.1, 0.15) is 0 Å². The van der Waals surface area contributed by atoms with Gasteiger partial charge in [-0.3, -0.25) is 4.57 Å². The SMILES string of the molecule is C=C(CNC)Cn1c(C)c(Br)c(C)nc1=O. The zero-order chi connectivity index (χ0) is 12.3. The van der Waals surface area contributed by atoms with Crippen LogP contribution in [0.5, 0.6) is 0 Å². The molecule has 0 aliphatic heterocycles. The van der Waals surface area contributed by atoms with Crippen molar-refractivity contribution in [1.82, 2.24) is 14.9 Å². The van der Waals surface area contributed by atoms with Gasteiger partial charge in [0.25, 0.3) is 0 Å². The Bertz CT molecular complexity index is 465. The van der Waals surface area contributed by atoms with Gasteiger partial charge in [0.2, 0.25) is 0 Å². The summed E-state index contributed by atoms with van der Waals surface area (Å²) in [6.07, 6.45) is 0. The molecule has 0 amide bonds. The summed E-state index contributed by atoms with van der Waals surface area (Å²) in [5.41, 5.74) is 2.33. The highest BCUT2D eigenvalue weighted by Crippen LogP contribution is 2.17. The summed E-state index contributed by atoms with van der Waals surface area (Å²) < 4.78 is 2.50. The molecule has 1 N–H and O–H groups in total. The molecular formula is C11H16BrN3O. The molecule has 0 spiro atoms. The third-order valence-corrected chi connectivity index (χ3v) is 3.49. The average molecular weight is 286 g/mol. The molecule has 0 aliphatic carbocycles. The summed E-state index contributed by atoms with van der Waals surface area (Å²) in [7, 11) is 1.85. The van der Waals surface area contributed by atoms with E-state index in [0.717, 1.165) is 21.4 Å². The molecule has 5 heteroatoms. The fraction of sp³-hybridized carbons (Fsp3) is 0.455. The smallest absolute Gasteiger partial charge is 0.316 e. The second kappa shape index (κ2) is 5.41. The largest absolute Gasteiger partial charge is 0.348 e. The zero-order valence-electron chi connectivity index (χ0n) is 9.80. The maximum absolute atomic E-state index is 11.7. The van der Waals surface area contributed by atoms with Crippen LogP contribution in [0.1, 0.15) is 11.4 Å². The lowest BCUT2D eigenvalue weighted by atomic mass is 10.2. The average Bonchev–Trinajstić information content (AvgIpc) is 2.22. The quantitative estimate of drug-likeness (QED) is 0.851. The second-order valence-electron chi connectivity index (χ2n) is 3.75. The Morgan fingerprint density at radius 2 is 2.19 bits per heavy atom. The van der Waals surface area contributed by atoms with Crippen LogP contribution in [0, 0.1) is 13.8 Å². The van der Waals surface area contributed by atoms with Gasteiger partial charge >= 0.3 is 5.69 Å². The van der Waals surface area contributed by atoms with Gasteiger partial charge in [-0.2, -0.15) is 4.98 Å². The van der Waals surface area contributed by atoms with E-state index in [1.54, 1.807) is 4.57 Å². The molecule has 1 rings (SSSR count). The van der Waals surface area contributed by atoms with Crippen molar-refractivity contribution in [3.8, 4) is 0 Å². The number of aryl methyl sites for hydroxylation is 1. The van der Waals surface area contributed by atoms with Gasteiger partial charge in [-0.15, -0.1) is 0 Å². The minimum absolute atomic E-state index is 0.226. The number of hydrogen-bond donors (Lipinski definition) is 1. The van der Waals surface area contributed by atoms with Crippen LogP contribution in [0.15, 0.2) is 21.4 Å². The first-order chi connectivity index (χ1) is 7.47. The predicted octanol–water partition coefficient (Wildman–Crippen LogP) is 1.40. The molecule has 1 heterocycles. The molecule has 0 aliphatic rings. The Morgan fingerprint density at radius 3 is 2.75 bits per heavy atom. The maximum atomic E-state index is 11.7. The molecule has 88 valence electrons. The Balaban J connectivity index is 3.10.